The highest BCUT2D eigenvalue weighted by molar-refractivity contribution is 9.10. The molecule has 2 amide bonds. The average Bonchev–Trinajstić information content (AvgIpc) is 3.21. The van der Waals surface area contributed by atoms with Gasteiger partial charge in [-0.2, -0.15) is 5.10 Å². The minimum absolute atomic E-state index is 0.0326. The van der Waals surface area contributed by atoms with Crippen LogP contribution in [0.1, 0.15) is 29.8 Å². The molecule has 1 unspecified atom stereocenters. The number of benzene rings is 2. The predicted octanol–water partition coefficient (Wildman–Crippen LogP) is 2.80. The fraction of sp³-hybridized carbons (Fsp3) is 0.286. The molecule has 1 heterocycles. The van der Waals surface area contributed by atoms with Gasteiger partial charge in [0, 0.05) is 5.56 Å². The van der Waals surface area contributed by atoms with Crippen LogP contribution in [0.3, 0.4) is 0 Å². The van der Waals surface area contributed by atoms with Gasteiger partial charge in [-0.1, -0.05) is 13.8 Å². The number of phenols is 1. The number of nitrogens with zero attached hydrogens (tertiary/aromatic N) is 1. The first kappa shape index (κ1) is 22.4. The molecular weight excluding hydrogens is 470 g/mol. The average molecular weight is 492 g/mol. The number of ether oxygens (including phenoxy) is 3. The maximum absolute atomic E-state index is 12.6. The number of nitrogens with one attached hydrogen (secondary N) is 2. The van der Waals surface area contributed by atoms with E-state index in [0.717, 1.165) is 0 Å². The van der Waals surface area contributed by atoms with Gasteiger partial charge in [-0.05, 0) is 57.7 Å². The lowest BCUT2D eigenvalue weighted by Crippen LogP contribution is -2.48. The Labute approximate surface area is 187 Å². The molecule has 0 radical (unpaired) electrons. The number of halogens is 1. The van der Waals surface area contributed by atoms with E-state index >= 15 is 0 Å². The van der Waals surface area contributed by atoms with Gasteiger partial charge >= 0.3 is 0 Å². The smallest absolute Gasteiger partial charge is 0.262 e. The fourth-order valence-electron chi connectivity index (χ4n) is 2.86. The van der Waals surface area contributed by atoms with Crippen LogP contribution in [0, 0.1) is 5.92 Å². The first-order valence-corrected chi connectivity index (χ1v) is 10.2. The molecule has 2 aromatic rings. The zero-order valence-electron chi connectivity index (χ0n) is 17.1. The third-order valence-corrected chi connectivity index (χ3v) is 5.13. The van der Waals surface area contributed by atoms with Crippen molar-refractivity contribution in [1.82, 2.24) is 10.7 Å². The van der Waals surface area contributed by atoms with E-state index in [2.05, 4.69) is 31.8 Å². The van der Waals surface area contributed by atoms with E-state index in [1.807, 2.05) is 13.8 Å². The molecule has 1 atom stereocenters. The van der Waals surface area contributed by atoms with Crippen LogP contribution in [0.2, 0.25) is 0 Å². The van der Waals surface area contributed by atoms with E-state index in [4.69, 9.17) is 14.2 Å². The first-order chi connectivity index (χ1) is 14.8. The Morgan fingerprint density at radius 2 is 1.97 bits per heavy atom. The number of hydrogen-bond donors (Lipinski definition) is 3. The number of aromatic hydroxyl groups is 1. The molecule has 0 saturated carbocycles. The molecule has 9 nitrogen and oxygen atoms in total. The molecule has 0 saturated heterocycles. The fourth-order valence-corrected chi connectivity index (χ4v) is 3.32. The monoisotopic (exact) mass is 491 g/mol. The summed E-state index contributed by atoms with van der Waals surface area (Å²) in [7, 11) is 1.43. The van der Waals surface area contributed by atoms with E-state index in [-0.39, 0.29) is 24.2 Å². The Morgan fingerprint density at radius 1 is 1.23 bits per heavy atom. The van der Waals surface area contributed by atoms with Crippen LogP contribution >= 0.6 is 15.9 Å². The van der Waals surface area contributed by atoms with Crippen LogP contribution in [0.15, 0.2) is 39.9 Å². The highest BCUT2D eigenvalue weighted by atomic mass is 79.9. The number of carbonyl (C=O) groups is 2. The molecule has 0 fully saturated rings. The van der Waals surface area contributed by atoms with E-state index in [9.17, 15) is 14.7 Å². The van der Waals surface area contributed by atoms with Gasteiger partial charge in [0.25, 0.3) is 11.8 Å². The lowest BCUT2D eigenvalue weighted by molar-refractivity contribution is -0.123. The Morgan fingerprint density at radius 3 is 2.68 bits per heavy atom. The number of methoxy groups -OCH3 is 1. The molecule has 164 valence electrons. The van der Waals surface area contributed by atoms with Crippen molar-refractivity contribution in [1.29, 1.82) is 0 Å². The highest BCUT2D eigenvalue weighted by Gasteiger charge is 2.25. The van der Waals surface area contributed by atoms with Crippen molar-refractivity contribution in [2.45, 2.75) is 19.9 Å². The molecule has 0 aliphatic carbocycles. The molecule has 0 spiro atoms. The quantitative estimate of drug-likeness (QED) is 0.404. The molecule has 3 rings (SSSR count). The zero-order chi connectivity index (χ0) is 22.5. The molecule has 0 aromatic heterocycles. The highest BCUT2D eigenvalue weighted by Crippen LogP contribution is 2.35. The van der Waals surface area contributed by atoms with Crippen molar-refractivity contribution in [2.24, 2.45) is 11.0 Å². The van der Waals surface area contributed by atoms with E-state index < -0.39 is 17.9 Å². The summed E-state index contributed by atoms with van der Waals surface area (Å²) < 4.78 is 16.0. The summed E-state index contributed by atoms with van der Waals surface area (Å²) in [6.07, 6.45) is 1.40. The second-order valence-corrected chi connectivity index (χ2v) is 7.91. The van der Waals surface area contributed by atoms with Crippen molar-refractivity contribution in [3.05, 3.63) is 45.9 Å². The first-order valence-electron chi connectivity index (χ1n) is 9.40. The van der Waals surface area contributed by atoms with E-state index in [0.29, 0.717) is 27.1 Å². The number of fused-ring (bicyclic) bond motifs is 1. The summed E-state index contributed by atoms with van der Waals surface area (Å²) in [4.78, 5) is 25.2. The van der Waals surface area contributed by atoms with Gasteiger partial charge < -0.3 is 24.6 Å². The van der Waals surface area contributed by atoms with Crippen LogP contribution in [0.4, 0.5) is 0 Å². The summed E-state index contributed by atoms with van der Waals surface area (Å²) >= 11 is 3.23. The van der Waals surface area contributed by atoms with Gasteiger partial charge in [0.2, 0.25) is 6.79 Å². The normalized spacial score (nSPS) is 13.3. The summed E-state index contributed by atoms with van der Waals surface area (Å²) in [6, 6.07) is 7.20. The minimum atomic E-state index is -0.809. The predicted molar refractivity (Wildman–Crippen MR) is 117 cm³/mol. The molecule has 1 aliphatic rings. The van der Waals surface area contributed by atoms with Gasteiger partial charge in [-0.3, -0.25) is 9.59 Å². The third kappa shape index (κ3) is 5.26. The molecule has 1 aliphatic heterocycles. The number of carbonyl (C=O) groups excluding carboxylic acids is 2. The molecule has 10 heteroatoms. The van der Waals surface area contributed by atoms with Crippen molar-refractivity contribution in [2.75, 3.05) is 13.9 Å². The van der Waals surface area contributed by atoms with E-state index in [1.54, 1.807) is 30.3 Å². The Bertz CT molecular complexity index is 1020. The van der Waals surface area contributed by atoms with Crippen molar-refractivity contribution < 1.29 is 28.9 Å². The van der Waals surface area contributed by atoms with Crippen molar-refractivity contribution >= 4 is 34.0 Å². The third-order valence-electron chi connectivity index (χ3n) is 4.53. The number of phenolic OH excluding ortho intramolecular Hbond substituents is 1. The topological polar surface area (TPSA) is 118 Å². The maximum atomic E-state index is 12.6. The van der Waals surface area contributed by atoms with Crippen LogP contribution < -0.4 is 25.0 Å². The second kappa shape index (κ2) is 9.69. The van der Waals surface area contributed by atoms with Gasteiger partial charge in [0.1, 0.15) is 6.04 Å². The summed E-state index contributed by atoms with van der Waals surface area (Å²) in [6.45, 7) is 3.74. The van der Waals surface area contributed by atoms with Crippen LogP contribution in [-0.4, -0.2) is 43.1 Å². The molecular formula is C21H22BrN3O6. The van der Waals surface area contributed by atoms with Crippen LogP contribution in [0.25, 0.3) is 0 Å². The largest absolute Gasteiger partial charge is 0.503 e. The lowest BCUT2D eigenvalue weighted by atomic mass is 10.0. The number of amides is 2. The Hall–Kier alpha value is -3.27. The van der Waals surface area contributed by atoms with Crippen LogP contribution in [-0.2, 0) is 4.79 Å². The Kier molecular flexibility index (Phi) is 7.01. The van der Waals surface area contributed by atoms with Crippen LogP contribution in [0.5, 0.6) is 23.0 Å². The standard InChI is InChI=1S/C21H22BrN3O6/c1-11(2)18(24-20(27)13-4-5-15-16(8-13)31-10-30-15)21(28)25-23-9-12-6-14(22)19(26)17(7-12)29-3/h4-9,11,18,26H,10H2,1-3H3,(H,24,27)(H,25,28). The van der Waals surface area contributed by atoms with Gasteiger partial charge in [0.05, 0.1) is 17.8 Å². The number of hydrazone groups is 1. The van der Waals surface area contributed by atoms with Gasteiger partial charge in [-0.15, -0.1) is 0 Å². The van der Waals surface area contributed by atoms with Crippen molar-refractivity contribution in [3.63, 3.8) is 0 Å². The SMILES string of the molecule is COc1cc(C=NNC(=O)C(NC(=O)c2ccc3c(c2)OCO3)C(C)C)cc(Br)c1O. The Balaban J connectivity index is 1.66. The van der Waals surface area contributed by atoms with Gasteiger partial charge in [-0.25, -0.2) is 5.43 Å². The summed E-state index contributed by atoms with van der Waals surface area (Å²) in [5.74, 6) is 0.220. The summed E-state index contributed by atoms with van der Waals surface area (Å²) in [5.41, 5.74) is 3.38. The molecule has 31 heavy (non-hydrogen) atoms. The van der Waals surface area contributed by atoms with Gasteiger partial charge in [0.15, 0.2) is 23.0 Å². The molecule has 3 N–H and O–H groups in total. The van der Waals surface area contributed by atoms with Crippen molar-refractivity contribution in [3.8, 4) is 23.0 Å². The molecule has 0 bridgehead atoms. The lowest BCUT2D eigenvalue weighted by Gasteiger charge is -2.20. The minimum Gasteiger partial charge on any atom is -0.503 e. The van der Waals surface area contributed by atoms with E-state index in [1.165, 1.54) is 13.3 Å². The molecule has 2 aromatic carbocycles. The number of hydrogen-bond acceptors (Lipinski definition) is 7. The maximum Gasteiger partial charge on any atom is 0.262 e. The number of rotatable bonds is 7. The second-order valence-electron chi connectivity index (χ2n) is 7.05. The summed E-state index contributed by atoms with van der Waals surface area (Å²) in [5, 5.41) is 16.5. The zero-order valence-corrected chi connectivity index (χ0v) is 18.7.